The number of hydrogen-bond donors (Lipinski definition) is 1. The van der Waals surface area contributed by atoms with Crippen molar-refractivity contribution >= 4 is 21.5 Å². The number of aromatic nitrogens is 1. The number of piperidine rings is 1. The van der Waals surface area contributed by atoms with Gasteiger partial charge in [0.05, 0.1) is 12.3 Å². The Hall–Kier alpha value is -2.26. The molecule has 1 aromatic carbocycles. The fourth-order valence-corrected chi connectivity index (χ4v) is 4.13. The van der Waals surface area contributed by atoms with Crippen LogP contribution in [-0.4, -0.2) is 40.2 Å². The molecular weight excluding hydrogens is 376 g/mol. The third-order valence-corrected chi connectivity index (χ3v) is 5.81. The Labute approximate surface area is 157 Å². The highest BCUT2D eigenvalue weighted by Gasteiger charge is 2.22. The van der Waals surface area contributed by atoms with Crippen LogP contribution in [0.5, 0.6) is 0 Å². The monoisotopic (exact) mass is 397 g/mol. The molecule has 0 amide bonds. The first-order valence-corrected chi connectivity index (χ1v) is 10.0. The van der Waals surface area contributed by atoms with Gasteiger partial charge in [0.1, 0.15) is 10.7 Å². The number of sulfonamides is 1. The summed E-state index contributed by atoms with van der Waals surface area (Å²) in [6, 6.07) is 5.90. The first kappa shape index (κ1) is 19.5. The van der Waals surface area contributed by atoms with Crippen molar-refractivity contribution in [2.24, 2.45) is 5.92 Å². The second-order valence-electron chi connectivity index (χ2n) is 6.50. The molecule has 1 unspecified atom stereocenters. The predicted molar refractivity (Wildman–Crippen MR) is 98.2 cm³/mol. The minimum atomic E-state index is -3.95. The Balaban J connectivity index is 1.72. The topological polar surface area (TPSA) is 71.5 Å². The molecule has 0 radical (unpaired) electrons. The van der Waals surface area contributed by atoms with Gasteiger partial charge in [-0.2, -0.15) is 0 Å². The molecule has 3 rings (SSSR count). The van der Waals surface area contributed by atoms with Crippen LogP contribution in [0.3, 0.4) is 0 Å². The summed E-state index contributed by atoms with van der Waals surface area (Å²) < 4.78 is 58.5. The Morgan fingerprint density at radius 2 is 2.07 bits per heavy atom. The van der Waals surface area contributed by atoms with Gasteiger partial charge >= 0.3 is 0 Å². The van der Waals surface area contributed by atoms with E-state index in [0.29, 0.717) is 18.3 Å². The lowest BCUT2D eigenvalue weighted by Crippen LogP contribution is -2.37. The van der Waals surface area contributed by atoms with Gasteiger partial charge in [0.2, 0.25) is 0 Å². The molecule has 146 valence electrons. The summed E-state index contributed by atoms with van der Waals surface area (Å²) >= 11 is 0. The number of benzene rings is 1. The van der Waals surface area contributed by atoms with Crippen molar-refractivity contribution in [1.29, 1.82) is 0 Å². The lowest BCUT2D eigenvalue weighted by Gasteiger charge is -2.33. The molecule has 1 atom stereocenters. The maximum Gasteiger partial charge on any atom is 0.263 e. The van der Waals surface area contributed by atoms with Gasteiger partial charge in [-0.15, -0.1) is 0 Å². The van der Waals surface area contributed by atoms with E-state index in [1.54, 1.807) is 13.2 Å². The quantitative estimate of drug-likeness (QED) is 0.811. The van der Waals surface area contributed by atoms with Crippen molar-refractivity contribution in [2.75, 3.05) is 36.4 Å². The van der Waals surface area contributed by atoms with E-state index in [0.717, 1.165) is 44.1 Å². The first-order valence-electron chi connectivity index (χ1n) is 8.57. The summed E-state index contributed by atoms with van der Waals surface area (Å²) in [5.41, 5.74) is -0.0589. The largest absolute Gasteiger partial charge is 0.384 e. The van der Waals surface area contributed by atoms with E-state index >= 15 is 0 Å². The fourth-order valence-electron chi connectivity index (χ4n) is 3.14. The van der Waals surface area contributed by atoms with Gasteiger partial charge < -0.3 is 9.64 Å². The van der Waals surface area contributed by atoms with Crippen LogP contribution in [-0.2, 0) is 14.8 Å². The molecule has 9 heteroatoms. The van der Waals surface area contributed by atoms with E-state index in [9.17, 15) is 17.2 Å². The van der Waals surface area contributed by atoms with Crippen LogP contribution in [0.4, 0.5) is 20.3 Å². The minimum Gasteiger partial charge on any atom is -0.384 e. The number of nitrogens with one attached hydrogen (secondary N) is 1. The maximum absolute atomic E-state index is 13.3. The molecule has 0 saturated carbocycles. The molecular formula is C18H21F2N3O3S. The lowest BCUT2D eigenvalue weighted by atomic mass is 9.99. The molecule has 1 N–H and O–H groups in total. The van der Waals surface area contributed by atoms with Crippen molar-refractivity contribution in [3.63, 3.8) is 0 Å². The average Bonchev–Trinajstić information content (AvgIpc) is 2.65. The summed E-state index contributed by atoms with van der Waals surface area (Å²) in [6.07, 6.45) is 3.37. The summed E-state index contributed by atoms with van der Waals surface area (Å²) in [5.74, 6) is -1.05. The predicted octanol–water partition coefficient (Wildman–Crippen LogP) is 3.02. The Morgan fingerprint density at radius 3 is 2.74 bits per heavy atom. The highest BCUT2D eigenvalue weighted by molar-refractivity contribution is 7.92. The number of anilines is 2. The van der Waals surface area contributed by atoms with Crippen molar-refractivity contribution < 1.29 is 21.9 Å². The first-order chi connectivity index (χ1) is 12.9. The number of hydrogen-bond acceptors (Lipinski definition) is 5. The molecule has 1 aromatic heterocycles. The van der Waals surface area contributed by atoms with Crippen LogP contribution in [0, 0.1) is 17.6 Å². The Bertz CT molecular complexity index is 889. The molecule has 27 heavy (non-hydrogen) atoms. The van der Waals surface area contributed by atoms with Gasteiger partial charge in [-0.1, -0.05) is 0 Å². The Kier molecular flexibility index (Phi) is 5.91. The number of ether oxygens (including phenoxy) is 1. The standard InChI is InChI=1S/C18H21F2N3O3S/c1-26-12-13-3-2-8-23(11-13)18-7-5-15(10-21-18)27(24,25)22-14-4-6-16(19)17(20)9-14/h4-7,9-10,13,22H,2-3,8,11-12H2,1H3. The molecule has 6 nitrogen and oxygen atoms in total. The minimum absolute atomic E-state index is 0.0542. The van der Waals surface area contributed by atoms with E-state index in [-0.39, 0.29) is 10.6 Å². The van der Waals surface area contributed by atoms with Crippen LogP contribution in [0.2, 0.25) is 0 Å². The smallest absolute Gasteiger partial charge is 0.263 e. The molecule has 0 spiro atoms. The fraction of sp³-hybridized carbons (Fsp3) is 0.389. The molecule has 2 heterocycles. The molecule has 1 aliphatic heterocycles. The van der Waals surface area contributed by atoms with Gasteiger partial charge in [-0.25, -0.2) is 22.2 Å². The second-order valence-corrected chi connectivity index (χ2v) is 8.18. The summed E-state index contributed by atoms with van der Waals surface area (Å²) in [5, 5.41) is 0. The average molecular weight is 397 g/mol. The van der Waals surface area contributed by atoms with Crippen LogP contribution < -0.4 is 9.62 Å². The van der Waals surface area contributed by atoms with E-state index < -0.39 is 21.7 Å². The van der Waals surface area contributed by atoms with Crippen LogP contribution in [0.25, 0.3) is 0 Å². The molecule has 0 bridgehead atoms. The van der Waals surface area contributed by atoms with Crippen molar-refractivity contribution in [3.05, 3.63) is 48.2 Å². The van der Waals surface area contributed by atoms with Crippen molar-refractivity contribution in [1.82, 2.24) is 4.98 Å². The van der Waals surface area contributed by atoms with Crippen LogP contribution >= 0.6 is 0 Å². The van der Waals surface area contributed by atoms with Crippen molar-refractivity contribution in [2.45, 2.75) is 17.7 Å². The SMILES string of the molecule is COCC1CCCN(c2ccc(S(=O)(=O)Nc3ccc(F)c(F)c3)cn2)C1. The maximum atomic E-state index is 13.3. The highest BCUT2D eigenvalue weighted by Crippen LogP contribution is 2.23. The zero-order valence-electron chi connectivity index (χ0n) is 14.9. The summed E-state index contributed by atoms with van der Waals surface area (Å²) in [4.78, 5) is 6.32. The van der Waals surface area contributed by atoms with Crippen molar-refractivity contribution in [3.8, 4) is 0 Å². The zero-order chi connectivity index (χ0) is 19.4. The van der Waals surface area contributed by atoms with Gasteiger partial charge in [0.15, 0.2) is 11.6 Å². The van der Waals surface area contributed by atoms with Crippen LogP contribution in [0.15, 0.2) is 41.4 Å². The van der Waals surface area contributed by atoms with Gasteiger partial charge in [-0.3, -0.25) is 4.72 Å². The third-order valence-electron chi connectivity index (χ3n) is 4.45. The number of pyridine rings is 1. The summed E-state index contributed by atoms with van der Waals surface area (Å²) in [6.45, 7) is 2.34. The van der Waals surface area contributed by atoms with Gasteiger partial charge in [0.25, 0.3) is 10.0 Å². The number of halogens is 2. The van der Waals surface area contributed by atoms with E-state index in [2.05, 4.69) is 14.6 Å². The van der Waals surface area contributed by atoms with E-state index in [1.807, 2.05) is 0 Å². The van der Waals surface area contributed by atoms with Crippen LogP contribution in [0.1, 0.15) is 12.8 Å². The number of methoxy groups -OCH3 is 1. The molecule has 1 fully saturated rings. The second kappa shape index (κ2) is 8.18. The van der Waals surface area contributed by atoms with E-state index in [4.69, 9.17) is 4.74 Å². The van der Waals surface area contributed by atoms with E-state index in [1.165, 1.54) is 12.3 Å². The third kappa shape index (κ3) is 4.72. The van der Waals surface area contributed by atoms with Gasteiger partial charge in [-0.05, 0) is 43.0 Å². The molecule has 1 saturated heterocycles. The molecule has 1 aliphatic rings. The molecule has 0 aliphatic carbocycles. The highest BCUT2D eigenvalue weighted by atomic mass is 32.2. The van der Waals surface area contributed by atoms with Gasteiger partial charge in [0, 0.05) is 32.5 Å². The number of nitrogens with zero attached hydrogens (tertiary/aromatic N) is 2. The number of rotatable bonds is 6. The summed E-state index contributed by atoms with van der Waals surface area (Å²) in [7, 11) is -2.27. The molecule has 2 aromatic rings. The zero-order valence-corrected chi connectivity index (χ0v) is 15.7. The Morgan fingerprint density at radius 1 is 1.26 bits per heavy atom. The normalized spacial score (nSPS) is 17.7. The lowest BCUT2D eigenvalue weighted by molar-refractivity contribution is 0.143.